The highest BCUT2D eigenvalue weighted by molar-refractivity contribution is 7.90. The van der Waals surface area contributed by atoms with Crippen LogP contribution < -0.4 is 14.8 Å². The van der Waals surface area contributed by atoms with Gasteiger partial charge in [0.25, 0.3) is 0 Å². The van der Waals surface area contributed by atoms with Gasteiger partial charge in [-0.25, -0.2) is 4.39 Å². The third-order valence-corrected chi connectivity index (χ3v) is 5.92. The summed E-state index contributed by atoms with van der Waals surface area (Å²) in [7, 11) is 0. The van der Waals surface area contributed by atoms with E-state index in [4.69, 9.17) is 4.74 Å². The van der Waals surface area contributed by atoms with Crippen molar-refractivity contribution in [1.82, 2.24) is 10.0 Å². The predicted molar refractivity (Wildman–Crippen MR) is 85.6 cm³/mol. The first-order valence-corrected chi connectivity index (χ1v) is 8.84. The SMILES string of the molecule is CC(C)(C)[S+]([O-])N[C@@H]1c2ccc(F)cc2OC12CCNCC2. The van der Waals surface area contributed by atoms with E-state index >= 15 is 0 Å². The molecule has 1 unspecified atom stereocenters. The Bertz CT molecular complexity index is 556. The Morgan fingerprint density at radius 2 is 2.05 bits per heavy atom. The summed E-state index contributed by atoms with van der Waals surface area (Å²) < 4.78 is 35.2. The second-order valence-electron chi connectivity index (χ2n) is 7.03. The lowest BCUT2D eigenvalue weighted by Crippen LogP contribution is -2.54. The first-order chi connectivity index (χ1) is 10.3. The zero-order chi connectivity index (χ0) is 16.0. The van der Waals surface area contributed by atoms with Crippen molar-refractivity contribution >= 4 is 11.4 Å². The molecular weight excluding hydrogens is 303 g/mol. The van der Waals surface area contributed by atoms with E-state index < -0.39 is 17.0 Å². The summed E-state index contributed by atoms with van der Waals surface area (Å²) in [5, 5.41) is 3.32. The van der Waals surface area contributed by atoms with Gasteiger partial charge in [0.15, 0.2) is 0 Å². The van der Waals surface area contributed by atoms with E-state index in [-0.39, 0.29) is 16.6 Å². The minimum Gasteiger partial charge on any atom is -0.598 e. The van der Waals surface area contributed by atoms with Gasteiger partial charge in [0.2, 0.25) is 0 Å². The molecule has 6 heteroatoms. The number of benzene rings is 1. The first-order valence-electron chi connectivity index (χ1n) is 7.69. The number of hydrogen-bond acceptors (Lipinski definition) is 4. The van der Waals surface area contributed by atoms with Gasteiger partial charge in [0.05, 0.1) is 0 Å². The molecule has 2 heterocycles. The van der Waals surface area contributed by atoms with Gasteiger partial charge in [0, 0.05) is 35.8 Å². The van der Waals surface area contributed by atoms with E-state index in [2.05, 4.69) is 10.0 Å². The molecular formula is C16H23FN2O2S. The highest BCUT2D eigenvalue weighted by Crippen LogP contribution is 2.48. The summed E-state index contributed by atoms with van der Waals surface area (Å²) in [4.78, 5) is 0. The number of piperidine rings is 1. The maximum absolute atomic E-state index is 13.5. The van der Waals surface area contributed by atoms with Gasteiger partial charge in [-0.05, 0) is 39.9 Å². The molecule has 0 saturated carbocycles. The lowest BCUT2D eigenvalue weighted by atomic mass is 9.84. The Balaban J connectivity index is 1.94. The Hall–Kier alpha value is -0.820. The molecule has 0 aliphatic carbocycles. The Morgan fingerprint density at radius 3 is 2.68 bits per heavy atom. The molecule has 3 rings (SSSR count). The fourth-order valence-corrected chi connectivity index (χ4v) is 4.00. The minimum atomic E-state index is -1.21. The summed E-state index contributed by atoms with van der Waals surface area (Å²) in [5.41, 5.74) is 0.461. The number of hydrogen-bond donors (Lipinski definition) is 2. The molecule has 0 aromatic heterocycles. The van der Waals surface area contributed by atoms with Crippen molar-refractivity contribution < 1.29 is 13.7 Å². The summed E-state index contributed by atoms with van der Waals surface area (Å²) in [6.07, 6.45) is 1.62. The summed E-state index contributed by atoms with van der Waals surface area (Å²) in [6.45, 7) is 7.50. The fourth-order valence-electron chi connectivity index (χ4n) is 3.09. The average Bonchev–Trinajstić information content (AvgIpc) is 2.71. The van der Waals surface area contributed by atoms with Crippen LogP contribution >= 0.6 is 0 Å². The maximum atomic E-state index is 13.5. The number of fused-ring (bicyclic) bond motifs is 1. The van der Waals surface area contributed by atoms with E-state index in [1.54, 1.807) is 6.07 Å². The van der Waals surface area contributed by atoms with Crippen LogP contribution in [0.15, 0.2) is 18.2 Å². The minimum absolute atomic E-state index is 0.176. The van der Waals surface area contributed by atoms with Crippen molar-refractivity contribution in [3.63, 3.8) is 0 Å². The molecule has 4 nitrogen and oxygen atoms in total. The molecule has 0 amide bonds. The fraction of sp³-hybridized carbons (Fsp3) is 0.625. The van der Waals surface area contributed by atoms with Crippen molar-refractivity contribution in [3.05, 3.63) is 29.6 Å². The number of ether oxygens (including phenoxy) is 1. The number of nitrogens with one attached hydrogen (secondary N) is 2. The van der Waals surface area contributed by atoms with E-state index in [9.17, 15) is 8.94 Å². The molecule has 1 saturated heterocycles. The quantitative estimate of drug-likeness (QED) is 0.820. The molecule has 122 valence electrons. The van der Waals surface area contributed by atoms with Gasteiger partial charge in [-0.2, -0.15) is 0 Å². The van der Waals surface area contributed by atoms with E-state index in [0.29, 0.717) is 5.75 Å². The Morgan fingerprint density at radius 1 is 1.36 bits per heavy atom. The summed E-state index contributed by atoms with van der Waals surface area (Å²) in [6, 6.07) is 4.45. The standard InChI is InChI=1S/C16H23FN2O2S/c1-15(2,3)22(20)19-14-12-5-4-11(17)10-13(12)21-16(14)6-8-18-9-7-16/h4-5,10,14,18-19H,6-9H2,1-3H3/t14-,22?/m1/s1. The topological polar surface area (TPSA) is 56.3 Å². The van der Waals surface area contributed by atoms with Gasteiger partial charge >= 0.3 is 0 Å². The van der Waals surface area contributed by atoms with Crippen LogP contribution in [0.4, 0.5) is 4.39 Å². The Labute approximate surface area is 134 Å². The molecule has 1 fully saturated rings. The zero-order valence-corrected chi connectivity index (χ0v) is 14.1. The second-order valence-corrected chi connectivity index (χ2v) is 9.03. The van der Waals surface area contributed by atoms with Crippen molar-refractivity contribution in [1.29, 1.82) is 0 Å². The van der Waals surface area contributed by atoms with E-state index in [1.165, 1.54) is 12.1 Å². The van der Waals surface area contributed by atoms with Crippen molar-refractivity contribution in [2.75, 3.05) is 13.1 Å². The van der Waals surface area contributed by atoms with Gasteiger partial charge in [-0.1, -0.05) is 6.07 Å². The lowest BCUT2D eigenvalue weighted by molar-refractivity contribution is 0.0318. The molecule has 0 radical (unpaired) electrons. The van der Waals surface area contributed by atoms with Gasteiger partial charge in [0.1, 0.15) is 28.0 Å². The number of rotatable bonds is 2. The molecule has 0 bridgehead atoms. The Kier molecular flexibility index (Phi) is 4.14. The lowest BCUT2D eigenvalue weighted by Gasteiger charge is -2.39. The number of halogens is 1. The molecule has 2 aliphatic heterocycles. The van der Waals surface area contributed by atoms with Gasteiger partial charge in [-0.3, -0.25) is 0 Å². The van der Waals surface area contributed by atoms with Crippen molar-refractivity contribution in [3.8, 4) is 5.75 Å². The molecule has 1 aromatic carbocycles. The molecule has 1 spiro atoms. The summed E-state index contributed by atoms with van der Waals surface area (Å²) in [5.74, 6) is 0.269. The van der Waals surface area contributed by atoms with Crippen molar-refractivity contribution in [2.45, 2.75) is 50.0 Å². The third kappa shape index (κ3) is 2.85. The van der Waals surface area contributed by atoms with Crippen LogP contribution in [-0.4, -0.2) is 28.0 Å². The molecule has 1 aromatic rings. The van der Waals surface area contributed by atoms with Crippen LogP contribution in [0.2, 0.25) is 0 Å². The monoisotopic (exact) mass is 326 g/mol. The van der Waals surface area contributed by atoms with Crippen LogP contribution in [0, 0.1) is 5.82 Å². The second kappa shape index (κ2) is 5.67. The van der Waals surface area contributed by atoms with Crippen molar-refractivity contribution in [2.24, 2.45) is 0 Å². The maximum Gasteiger partial charge on any atom is 0.136 e. The zero-order valence-electron chi connectivity index (χ0n) is 13.2. The van der Waals surface area contributed by atoms with Crippen LogP contribution in [0.5, 0.6) is 5.75 Å². The summed E-state index contributed by atoms with van der Waals surface area (Å²) >= 11 is -1.21. The van der Waals surface area contributed by atoms with E-state index in [0.717, 1.165) is 31.5 Å². The molecule has 2 N–H and O–H groups in total. The first kappa shape index (κ1) is 16.1. The van der Waals surface area contributed by atoms with Gasteiger partial charge in [-0.15, -0.1) is 4.72 Å². The average molecular weight is 326 g/mol. The van der Waals surface area contributed by atoms with Crippen LogP contribution in [0.1, 0.15) is 45.2 Å². The molecule has 22 heavy (non-hydrogen) atoms. The van der Waals surface area contributed by atoms with Crippen LogP contribution in [-0.2, 0) is 11.4 Å². The van der Waals surface area contributed by atoms with Crippen LogP contribution in [0.3, 0.4) is 0 Å². The highest BCUT2D eigenvalue weighted by Gasteiger charge is 2.52. The normalized spacial score (nSPS) is 24.9. The third-order valence-electron chi connectivity index (χ3n) is 4.36. The van der Waals surface area contributed by atoms with E-state index in [1.807, 2.05) is 20.8 Å². The predicted octanol–water partition coefficient (Wildman–Crippen LogP) is 2.43. The van der Waals surface area contributed by atoms with Crippen LogP contribution in [0.25, 0.3) is 0 Å². The smallest absolute Gasteiger partial charge is 0.136 e. The molecule has 2 atom stereocenters. The van der Waals surface area contributed by atoms with Gasteiger partial charge < -0.3 is 14.6 Å². The molecule has 2 aliphatic rings. The highest BCUT2D eigenvalue weighted by atomic mass is 32.2. The largest absolute Gasteiger partial charge is 0.598 e.